The lowest BCUT2D eigenvalue weighted by molar-refractivity contribution is -0.126. The van der Waals surface area contributed by atoms with Gasteiger partial charge in [-0.1, -0.05) is 13.0 Å². The average molecular weight is 412 g/mol. The number of hydrogen-bond donors (Lipinski definition) is 3. The van der Waals surface area contributed by atoms with Gasteiger partial charge in [0.15, 0.2) is 5.03 Å². The van der Waals surface area contributed by atoms with Gasteiger partial charge in [-0.15, -0.1) is 0 Å². The van der Waals surface area contributed by atoms with E-state index >= 15 is 0 Å². The van der Waals surface area contributed by atoms with Crippen molar-refractivity contribution < 1.29 is 23.1 Å². The summed E-state index contributed by atoms with van der Waals surface area (Å²) in [4.78, 5) is 28.0. The van der Waals surface area contributed by atoms with Crippen molar-refractivity contribution in [1.82, 2.24) is 14.6 Å². The van der Waals surface area contributed by atoms with Crippen molar-refractivity contribution in [3.8, 4) is 0 Å². The van der Waals surface area contributed by atoms with Gasteiger partial charge in [-0.05, 0) is 38.3 Å². The minimum atomic E-state index is -4.30. The summed E-state index contributed by atoms with van der Waals surface area (Å²) < 4.78 is 27.1. The molecule has 1 saturated heterocycles. The van der Waals surface area contributed by atoms with Crippen LogP contribution in [0, 0.1) is 12.3 Å². The molecule has 155 valence electrons. The molecule has 4 N–H and O–H groups in total. The minimum Gasteiger partial charge on any atom is -0.390 e. The van der Waals surface area contributed by atoms with Crippen LogP contribution in [0.4, 0.5) is 0 Å². The highest BCUT2D eigenvalue weighted by Crippen LogP contribution is 2.25. The van der Waals surface area contributed by atoms with Crippen LogP contribution in [0.2, 0.25) is 0 Å². The third-order valence-corrected chi connectivity index (χ3v) is 6.56. The van der Waals surface area contributed by atoms with E-state index in [1.165, 1.54) is 18.3 Å². The Morgan fingerprint density at radius 1 is 1.43 bits per heavy atom. The lowest BCUT2D eigenvalue weighted by Crippen LogP contribution is -2.52. The van der Waals surface area contributed by atoms with Crippen LogP contribution in [0.25, 0.3) is 0 Å². The number of carbonyl (C=O) groups excluding carboxylic acids is 2. The smallest absolute Gasteiger partial charge is 0.284 e. The van der Waals surface area contributed by atoms with E-state index in [0.717, 1.165) is 6.42 Å². The van der Waals surface area contributed by atoms with Gasteiger partial charge < -0.3 is 16.2 Å². The summed E-state index contributed by atoms with van der Waals surface area (Å²) in [6.07, 6.45) is 2.26. The molecule has 0 spiro atoms. The normalized spacial score (nSPS) is 24.2. The third-order valence-electron chi connectivity index (χ3n) is 4.83. The second-order valence-electron chi connectivity index (χ2n) is 7.07. The summed E-state index contributed by atoms with van der Waals surface area (Å²) in [5, 5.41) is 13.4. The largest absolute Gasteiger partial charge is 0.390 e. The van der Waals surface area contributed by atoms with Crippen molar-refractivity contribution in [3.63, 3.8) is 0 Å². The highest BCUT2D eigenvalue weighted by atomic mass is 32.2. The molecule has 2 rings (SSSR count). The minimum absolute atomic E-state index is 0.000126. The molecule has 10 heteroatoms. The summed E-state index contributed by atoms with van der Waals surface area (Å²) in [5.74, 6) is -2.02. The van der Waals surface area contributed by atoms with Crippen molar-refractivity contribution in [2.24, 2.45) is 11.7 Å². The molecule has 2 unspecified atom stereocenters. The number of carbonyl (C=O) groups is 2. The average Bonchev–Trinajstić information content (AvgIpc) is 2.82. The van der Waals surface area contributed by atoms with Crippen LogP contribution in [0.15, 0.2) is 29.4 Å². The van der Waals surface area contributed by atoms with Gasteiger partial charge in [0.05, 0.1) is 18.6 Å². The van der Waals surface area contributed by atoms with E-state index < -0.39 is 39.9 Å². The van der Waals surface area contributed by atoms with Crippen LogP contribution < -0.4 is 11.1 Å². The molecule has 0 saturated carbocycles. The molecule has 1 radical (unpaired) electrons. The predicted molar refractivity (Wildman–Crippen MR) is 102 cm³/mol. The van der Waals surface area contributed by atoms with Gasteiger partial charge in [0, 0.05) is 24.7 Å². The zero-order chi connectivity index (χ0) is 20.9. The van der Waals surface area contributed by atoms with Gasteiger partial charge in [0.1, 0.15) is 0 Å². The number of rotatable bonds is 7. The Kier molecular flexibility index (Phi) is 7.50. The Hall–Kier alpha value is -2.04. The number of amides is 2. The maximum atomic E-state index is 13.2. The first-order valence-corrected chi connectivity index (χ1v) is 10.6. The number of nitrogens with one attached hydrogen (secondary N) is 1. The van der Waals surface area contributed by atoms with Crippen LogP contribution in [-0.4, -0.2) is 59.4 Å². The molecule has 1 aromatic rings. The number of primary amides is 1. The molecule has 2 amide bonds. The van der Waals surface area contributed by atoms with E-state index in [1.807, 2.05) is 6.92 Å². The number of sulfonamides is 1. The van der Waals surface area contributed by atoms with E-state index in [2.05, 4.69) is 10.3 Å². The summed E-state index contributed by atoms with van der Waals surface area (Å²) in [7, 11) is -4.30. The van der Waals surface area contributed by atoms with Gasteiger partial charge in [-0.25, -0.2) is 9.29 Å². The number of β-amino-alcohol motifs (C(OH)–C–C–N with tert-alkyl or cyclic N) is 1. The van der Waals surface area contributed by atoms with Crippen LogP contribution >= 0.6 is 0 Å². The Morgan fingerprint density at radius 3 is 2.75 bits per heavy atom. The first-order chi connectivity index (χ1) is 13.1. The van der Waals surface area contributed by atoms with Crippen molar-refractivity contribution in [1.29, 1.82) is 0 Å². The van der Waals surface area contributed by atoms with Gasteiger partial charge in [-0.3, -0.25) is 9.59 Å². The van der Waals surface area contributed by atoms with E-state index in [9.17, 15) is 23.1 Å². The van der Waals surface area contributed by atoms with Gasteiger partial charge in [0.2, 0.25) is 11.8 Å². The third kappa shape index (κ3) is 5.27. The first-order valence-electron chi connectivity index (χ1n) is 9.18. The monoisotopic (exact) mass is 411 g/mol. The number of aromatic nitrogens is 1. The second-order valence-corrected chi connectivity index (χ2v) is 8.83. The Balaban J connectivity index is 2.37. The quantitative estimate of drug-likeness (QED) is 0.564. The van der Waals surface area contributed by atoms with Gasteiger partial charge in [0.25, 0.3) is 10.0 Å². The maximum absolute atomic E-state index is 13.2. The van der Waals surface area contributed by atoms with Crippen molar-refractivity contribution in [2.45, 2.75) is 56.3 Å². The van der Waals surface area contributed by atoms with Crippen LogP contribution in [0.5, 0.6) is 0 Å². The lowest BCUT2D eigenvalue weighted by atomic mass is 10.0. The van der Waals surface area contributed by atoms with Crippen LogP contribution in [0.3, 0.4) is 0 Å². The Morgan fingerprint density at radius 2 is 2.14 bits per heavy atom. The van der Waals surface area contributed by atoms with E-state index in [1.54, 1.807) is 13.0 Å². The van der Waals surface area contributed by atoms with Crippen LogP contribution in [0.1, 0.15) is 33.1 Å². The van der Waals surface area contributed by atoms with Crippen molar-refractivity contribution >= 4 is 21.8 Å². The van der Waals surface area contributed by atoms with E-state index in [4.69, 9.17) is 5.73 Å². The van der Waals surface area contributed by atoms with E-state index in [-0.39, 0.29) is 24.0 Å². The molecular formula is C18H27N4O5S. The molecule has 0 aliphatic carbocycles. The molecule has 28 heavy (non-hydrogen) atoms. The number of nitrogens with two attached hydrogens (primary N) is 1. The summed E-state index contributed by atoms with van der Waals surface area (Å²) in [5.41, 5.74) is 5.22. The number of pyridine rings is 1. The highest BCUT2D eigenvalue weighted by molar-refractivity contribution is 7.89. The predicted octanol–water partition coefficient (Wildman–Crippen LogP) is -0.184. The molecule has 9 nitrogen and oxygen atoms in total. The SMILES string of the molecule is CC(C[CH]C(=O)N(C1CC[C@@H](C)NC[C@@H]1O)S(=O)(=O)c1ccccn1)C(N)=O. The molecule has 0 aromatic carbocycles. The highest BCUT2D eigenvalue weighted by Gasteiger charge is 2.40. The van der Waals surface area contributed by atoms with Gasteiger partial charge >= 0.3 is 0 Å². The molecule has 2 heterocycles. The number of nitrogens with zero attached hydrogens (tertiary/aromatic N) is 2. The fraction of sp³-hybridized carbons (Fsp3) is 0.556. The van der Waals surface area contributed by atoms with Gasteiger partial charge in [-0.2, -0.15) is 8.42 Å². The molecule has 1 aliphatic rings. The first kappa shape index (κ1) is 22.3. The number of aliphatic hydroxyl groups is 1. The standard InChI is InChI=1S/C18H27N4O5S/c1-12(18(19)25)6-9-17(24)22(14-8-7-13(2)21-11-15(14)23)28(26,27)16-5-3-4-10-20-16/h3-5,9-10,12-15,21,23H,6-8,11H2,1-2H3,(H2,19,25)/t12?,13-,14?,15+/m1/s1. The lowest BCUT2D eigenvalue weighted by Gasteiger charge is -2.32. The van der Waals surface area contributed by atoms with Crippen LogP contribution in [-0.2, 0) is 19.6 Å². The van der Waals surface area contributed by atoms with Crippen molar-refractivity contribution in [2.75, 3.05) is 6.54 Å². The Bertz CT molecular complexity index is 786. The molecule has 1 aliphatic heterocycles. The number of aliphatic hydroxyl groups excluding tert-OH is 1. The topological polar surface area (TPSA) is 143 Å². The zero-order valence-corrected chi connectivity index (χ0v) is 16.8. The fourth-order valence-electron chi connectivity index (χ4n) is 2.99. The fourth-order valence-corrected chi connectivity index (χ4v) is 4.55. The summed E-state index contributed by atoms with van der Waals surface area (Å²) in [6.45, 7) is 3.63. The number of hydrogen-bond acceptors (Lipinski definition) is 7. The zero-order valence-electron chi connectivity index (χ0n) is 16.0. The Labute approximate surface area is 165 Å². The molecule has 1 fully saturated rings. The van der Waals surface area contributed by atoms with E-state index in [0.29, 0.717) is 17.1 Å². The maximum Gasteiger partial charge on any atom is 0.284 e. The molecular weight excluding hydrogens is 384 g/mol. The summed E-state index contributed by atoms with van der Waals surface area (Å²) >= 11 is 0. The van der Waals surface area contributed by atoms with Crippen molar-refractivity contribution in [3.05, 3.63) is 30.8 Å². The molecule has 1 aromatic heterocycles. The second kappa shape index (κ2) is 9.44. The molecule has 0 bridgehead atoms. The molecule has 4 atom stereocenters. The summed E-state index contributed by atoms with van der Waals surface area (Å²) in [6, 6.07) is 3.50.